The van der Waals surface area contributed by atoms with Crippen LogP contribution in [0.5, 0.6) is 0 Å². The summed E-state index contributed by atoms with van der Waals surface area (Å²) < 4.78 is 0. The van der Waals surface area contributed by atoms with E-state index in [1.54, 1.807) is 5.19 Å². The second-order valence-electron chi connectivity index (χ2n) is 6.25. The highest BCUT2D eigenvalue weighted by molar-refractivity contribution is 6.91. The Kier molecular flexibility index (Phi) is 4.44. The highest BCUT2D eigenvalue weighted by atomic mass is 28.3. The van der Waals surface area contributed by atoms with E-state index in [-0.39, 0.29) is 0 Å². The molecule has 0 heterocycles. The van der Waals surface area contributed by atoms with Gasteiger partial charge in [-0.1, -0.05) is 86.8 Å². The van der Waals surface area contributed by atoms with Gasteiger partial charge >= 0.3 is 0 Å². The minimum atomic E-state index is -1.41. The van der Waals surface area contributed by atoms with Crippen LogP contribution in [0.1, 0.15) is 32.1 Å². The maximum absolute atomic E-state index is 4.16. The van der Waals surface area contributed by atoms with Gasteiger partial charge in [0.2, 0.25) is 0 Å². The molecule has 0 aliphatic heterocycles. The third kappa shape index (κ3) is 2.77. The van der Waals surface area contributed by atoms with Gasteiger partial charge in [-0.2, -0.15) is 0 Å². The van der Waals surface area contributed by atoms with Crippen molar-refractivity contribution in [2.45, 2.75) is 50.7 Å². The molecule has 1 atom stereocenters. The molecule has 0 radical (unpaired) electrons. The average Bonchev–Trinajstić information content (AvgIpc) is 2.41. The van der Waals surface area contributed by atoms with E-state index in [1.807, 2.05) is 0 Å². The Morgan fingerprint density at radius 2 is 1.72 bits per heavy atom. The zero-order valence-corrected chi connectivity index (χ0v) is 12.9. The smallest absolute Gasteiger partial charge is 0.0876 e. The molecule has 0 nitrogen and oxygen atoms in total. The van der Waals surface area contributed by atoms with Crippen LogP contribution in [0.15, 0.2) is 43.0 Å². The van der Waals surface area contributed by atoms with E-state index in [4.69, 9.17) is 0 Å². The van der Waals surface area contributed by atoms with Crippen molar-refractivity contribution in [3.63, 3.8) is 0 Å². The first kappa shape index (κ1) is 13.6. The standard InChI is InChI=1S/C17H26Si/c1-4-17(15-11-7-5-8-12-15)18(2,3)16-13-9-6-10-14-16/h4,6,9-10,13-15,17H,1,5,7-8,11-12H2,2-3H3/t17-/m0/s1. The Morgan fingerprint density at radius 1 is 1.11 bits per heavy atom. The van der Waals surface area contributed by atoms with E-state index in [0.717, 1.165) is 11.5 Å². The van der Waals surface area contributed by atoms with E-state index in [0.29, 0.717) is 0 Å². The number of allylic oxidation sites excluding steroid dienone is 1. The molecule has 98 valence electrons. The zero-order chi connectivity index (χ0) is 13.0. The fraction of sp³-hybridized carbons (Fsp3) is 0.529. The molecule has 0 saturated heterocycles. The molecule has 1 aromatic rings. The van der Waals surface area contributed by atoms with E-state index >= 15 is 0 Å². The lowest BCUT2D eigenvalue weighted by Crippen LogP contribution is -2.48. The van der Waals surface area contributed by atoms with Crippen molar-refractivity contribution in [2.24, 2.45) is 5.92 Å². The molecular formula is C17H26Si. The van der Waals surface area contributed by atoms with Gasteiger partial charge in [-0.05, 0) is 11.5 Å². The van der Waals surface area contributed by atoms with Crippen LogP contribution < -0.4 is 5.19 Å². The summed E-state index contributed by atoms with van der Waals surface area (Å²) in [6.45, 7) is 9.20. The minimum absolute atomic E-state index is 0.736. The van der Waals surface area contributed by atoms with E-state index in [1.165, 1.54) is 32.1 Å². The van der Waals surface area contributed by atoms with Gasteiger partial charge in [0.15, 0.2) is 0 Å². The Labute approximate surface area is 113 Å². The number of hydrogen-bond acceptors (Lipinski definition) is 0. The van der Waals surface area contributed by atoms with Crippen LogP contribution in [0.2, 0.25) is 18.6 Å². The van der Waals surface area contributed by atoms with Crippen LogP contribution >= 0.6 is 0 Å². The molecule has 1 saturated carbocycles. The van der Waals surface area contributed by atoms with Gasteiger partial charge in [-0.3, -0.25) is 0 Å². The van der Waals surface area contributed by atoms with Gasteiger partial charge in [0, 0.05) is 0 Å². The molecule has 1 aliphatic carbocycles. The highest BCUT2D eigenvalue weighted by Gasteiger charge is 2.36. The Bertz CT molecular complexity index is 374. The van der Waals surface area contributed by atoms with Gasteiger partial charge < -0.3 is 0 Å². The average molecular weight is 258 g/mol. The third-order valence-electron chi connectivity index (χ3n) is 4.76. The van der Waals surface area contributed by atoms with Gasteiger partial charge in [0.25, 0.3) is 0 Å². The molecule has 0 N–H and O–H groups in total. The van der Waals surface area contributed by atoms with Crippen molar-refractivity contribution in [1.82, 2.24) is 0 Å². The molecule has 1 aromatic carbocycles. The van der Waals surface area contributed by atoms with Crippen molar-refractivity contribution < 1.29 is 0 Å². The van der Waals surface area contributed by atoms with Crippen molar-refractivity contribution in [1.29, 1.82) is 0 Å². The maximum Gasteiger partial charge on any atom is 0.0876 e. The van der Waals surface area contributed by atoms with Crippen LogP contribution in [0.4, 0.5) is 0 Å². The van der Waals surface area contributed by atoms with Crippen LogP contribution in [0.25, 0.3) is 0 Å². The van der Waals surface area contributed by atoms with Crippen LogP contribution in [-0.2, 0) is 0 Å². The highest BCUT2D eigenvalue weighted by Crippen LogP contribution is 2.39. The normalized spacial score (nSPS) is 19.4. The third-order valence-corrected chi connectivity index (χ3v) is 8.96. The van der Waals surface area contributed by atoms with E-state index in [9.17, 15) is 0 Å². The Balaban J connectivity index is 2.22. The lowest BCUT2D eigenvalue weighted by Gasteiger charge is -2.38. The van der Waals surface area contributed by atoms with Crippen LogP contribution in [0.3, 0.4) is 0 Å². The predicted octanol–water partition coefficient (Wildman–Crippen LogP) is 4.74. The molecule has 0 amide bonds. The molecule has 2 rings (SSSR count). The molecule has 18 heavy (non-hydrogen) atoms. The topological polar surface area (TPSA) is 0 Å². The van der Waals surface area contributed by atoms with Crippen molar-refractivity contribution in [3.8, 4) is 0 Å². The van der Waals surface area contributed by atoms with Crippen molar-refractivity contribution in [2.75, 3.05) is 0 Å². The summed E-state index contributed by atoms with van der Waals surface area (Å²) in [7, 11) is -1.41. The van der Waals surface area contributed by atoms with E-state index in [2.05, 4.69) is 56.1 Å². The summed E-state index contributed by atoms with van der Waals surface area (Å²) in [5.41, 5.74) is 0.736. The molecule has 0 unspecified atom stereocenters. The van der Waals surface area contributed by atoms with Crippen LogP contribution in [0, 0.1) is 5.92 Å². The molecular weight excluding hydrogens is 232 g/mol. The molecule has 1 aliphatic rings. The number of benzene rings is 1. The van der Waals surface area contributed by atoms with Gasteiger partial charge in [0.1, 0.15) is 0 Å². The van der Waals surface area contributed by atoms with Gasteiger partial charge in [-0.15, -0.1) is 6.58 Å². The summed E-state index contributed by atoms with van der Waals surface area (Å²) in [6, 6.07) is 11.1. The SMILES string of the molecule is C=C[C@@H](C1CCCCC1)[Si](C)(C)c1ccccc1. The first-order chi connectivity index (χ1) is 8.66. The quantitative estimate of drug-likeness (QED) is 0.540. The summed E-state index contributed by atoms with van der Waals surface area (Å²) in [6.07, 6.45) is 9.39. The minimum Gasteiger partial charge on any atom is -0.103 e. The predicted molar refractivity (Wildman–Crippen MR) is 84.1 cm³/mol. The zero-order valence-electron chi connectivity index (χ0n) is 11.9. The lowest BCUT2D eigenvalue weighted by molar-refractivity contribution is 0.357. The summed E-state index contributed by atoms with van der Waals surface area (Å²) >= 11 is 0. The molecule has 1 fully saturated rings. The fourth-order valence-electron chi connectivity index (χ4n) is 3.63. The number of hydrogen-bond donors (Lipinski definition) is 0. The molecule has 0 spiro atoms. The fourth-order valence-corrected chi connectivity index (χ4v) is 7.17. The summed E-state index contributed by atoms with van der Waals surface area (Å²) in [5, 5.41) is 1.58. The van der Waals surface area contributed by atoms with Gasteiger partial charge in [0.05, 0.1) is 8.07 Å². The van der Waals surface area contributed by atoms with Crippen molar-refractivity contribution >= 4 is 13.3 Å². The monoisotopic (exact) mass is 258 g/mol. The maximum atomic E-state index is 4.16. The Hall–Kier alpha value is -0.823. The largest absolute Gasteiger partial charge is 0.103 e. The van der Waals surface area contributed by atoms with Gasteiger partial charge in [-0.25, -0.2) is 0 Å². The lowest BCUT2D eigenvalue weighted by atomic mass is 9.86. The summed E-state index contributed by atoms with van der Waals surface area (Å²) in [4.78, 5) is 0. The molecule has 0 bridgehead atoms. The molecule has 0 aromatic heterocycles. The van der Waals surface area contributed by atoms with Crippen molar-refractivity contribution in [3.05, 3.63) is 43.0 Å². The second-order valence-corrected chi connectivity index (χ2v) is 10.9. The Morgan fingerprint density at radius 3 is 2.28 bits per heavy atom. The second kappa shape index (κ2) is 5.88. The molecule has 1 heteroatoms. The van der Waals surface area contributed by atoms with Crippen LogP contribution in [-0.4, -0.2) is 8.07 Å². The first-order valence-electron chi connectivity index (χ1n) is 7.34. The number of rotatable bonds is 4. The first-order valence-corrected chi connectivity index (χ1v) is 10.4. The summed E-state index contributed by atoms with van der Waals surface area (Å²) in [5.74, 6) is 0.887. The van der Waals surface area contributed by atoms with E-state index < -0.39 is 8.07 Å².